The summed E-state index contributed by atoms with van der Waals surface area (Å²) in [5.41, 5.74) is 2.87. The number of amides is 1. The lowest BCUT2D eigenvalue weighted by atomic mass is 9.72. The number of carbonyl (C=O) groups excluding carboxylic acids is 1. The predicted molar refractivity (Wildman–Crippen MR) is 162 cm³/mol. The third kappa shape index (κ3) is 5.83. The first kappa shape index (κ1) is 29.9. The number of aliphatic hydroxyl groups is 1. The van der Waals surface area contributed by atoms with Gasteiger partial charge in [0.2, 0.25) is 0 Å². The SMILES string of the molecule is CO[C@]1(C(=O)N[C@@H](C)c2ccc(-n3cc(F)cn3)nc2)CC[C@H](c2nc(Nc3cc(C)[nH]n3)cc3c2CCCC3(C)O)CC1. The summed E-state index contributed by atoms with van der Waals surface area (Å²) in [7, 11) is 1.60. The van der Waals surface area contributed by atoms with Gasteiger partial charge in [0.15, 0.2) is 17.5 Å². The highest BCUT2D eigenvalue weighted by atomic mass is 19.1. The maximum Gasteiger partial charge on any atom is 0.252 e. The molecule has 0 saturated heterocycles. The Morgan fingerprint density at radius 2 is 2.00 bits per heavy atom. The zero-order chi connectivity index (χ0) is 31.1. The predicted octanol–water partition coefficient (Wildman–Crippen LogP) is 5.04. The molecule has 44 heavy (non-hydrogen) atoms. The number of fused-ring (bicyclic) bond motifs is 1. The van der Waals surface area contributed by atoms with Gasteiger partial charge < -0.3 is 20.5 Å². The molecule has 0 radical (unpaired) electrons. The molecule has 12 heteroatoms. The van der Waals surface area contributed by atoms with Crippen molar-refractivity contribution < 1.29 is 19.0 Å². The summed E-state index contributed by atoms with van der Waals surface area (Å²) in [4.78, 5) is 23.1. The van der Waals surface area contributed by atoms with Gasteiger partial charge in [-0.1, -0.05) is 6.07 Å². The van der Waals surface area contributed by atoms with Crippen LogP contribution < -0.4 is 10.6 Å². The topological polar surface area (TPSA) is 143 Å². The van der Waals surface area contributed by atoms with Crippen LogP contribution in [0.4, 0.5) is 16.0 Å². The van der Waals surface area contributed by atoms with Crippen molar-refractivity contribution in [3.63, 3.8) is 0 Å². The monoisotopic (exact) mass is 602 g/mol. The molecule has 1 unspecified atom stereocenters. The van der Waals surface area contributed by atoms with E-state index < -0.39 is 17.0 Å². The number of aromatic amines is 1. The van der Waals surface area contributed by atoms with Crippen LogP contribution in [0.5, 0.6) is 0 Å². The molecule has 11 nitrogen and oxygen atoms in total. The van der Waals surface area contributed by atoms with Crippen molar-refractivity contribution in [3.05, 3.63) is 76.8 Å². The van der Waals surface area contributed by atoms with Crippen molar-refractivity contribution in [1.82, 2.24) is 35.3 Å². The van der Waals surface area contributed by atoms with Gasteiger partial charge in [-0.3, -0.25) is 9.89 Å². The van der Waals surface area contributed by atoms with E-state index in [1.165, 1.54) is 10.9 Å². The number of pyridine rings is 2. The molecule has 6 rings (SSSR count). The van der Waals surface area contributed by atoms with Gasteiger partial charge in [0.1, 0.15) is 11.4 Å². The molecule has 1 fully saturated rings. The minimum absolute atomic E-state index is 0.123. The summed E-state index contributed by atoms with van der Waals surface area (Å²) in [6.45, 7) is 5.72. The van der Waals surface area contributed by atoms with Crippen LogP contribution in [0.2, 0.25) is 0 Å². The van der Waals surface area contributed by atoms with E-state index in [9.17, 15) is 14.3 Å². The van der Waals surface area contributed by atoms with Gasteiger partial charge in [0.05, 0.1) is 24.0 Å². The van der Waals surface area contributed by atoms with Crippen LogP contribution in [-0.2, 0) is 21.6 Å². The zero-order valence-electron chi connectivity index (χ0n) is 25.5. The Morgan fingerprint density at radius 3 is 2.64 bits per heavy atom. The molecule has 2 atom stereocenters. The van der Waals surface area contributed by atoms with Crippen LogP contribution in [-0.4, -0.2) is 53.7 Å². The largest absolute Gasteiger partial charge is 0.385 e. The van der Waals surface area contributed by atoms with E-state index in [4.69, 9.17) is 9.72 Å². The summed E-state index contributed by atoms with van der Waals surface area (Å²) < 4.78 is 20.6. The fourth-order valence-corrected chi connectivity index (χ4v) is 6.60. The number of hydrogen-bond acceptors (Lipinski definition) is 8. The van der Waals surface area contributed by atoms with Crippen molar-refractivity contribution in [1.29, 1.82) is 0 Å². The smallest absolute Gasteiger partial charge is 0.252 e. The minimum Gasteiger partial charge on any atom is -0.385 e. The van der Waals surface area contributed by atoms with Crippen molar-refractivity contribution in [3.8, 4) is 5.82 Å². The maximum absolute atomic E-state index is 13.7. The van der Waals surface area contributed by atoms with Crippen molar-refractivity contribution in [2.24, 2.45) is 0 Å². The number of hydrogen-bond donors (Lipinski definition) is 4. The van der Waals surface area contributed by atoms with Gasteiger partial charge in [0.25, 0.3) is 5.91 Å². The number of anilines is 2. The molecule has 4 N–H and O–H groups in total. The average molecular weight is 603 g/mol. The van der Waals surface area contributed by atoms with Gasteiger partial charge >= 0.3 is 0 Å². The average Bonchev–Trinajstić information content (AvgIpc) is 3.64. The summed E-state index contributed by atoms with van der Waals surface area (Å²) in [5, 5.41) is 28.9. The summed E-state index contributed by atoms with van der Waals surface area (Å²) >= 11 is 0. The van der Waals surface area contributed by atoms with Crippen LogP contribution in [0.3, 0.4) is 0 Å². The summed E-state index contributed by atoms with van der Waals surface area (Å²) in [6.07, 6.45) is 9.01. The Bertz CT molecular complexity index is 1640. The molecule has 0 spiro atoms. The second-order valence-corrected chi connectivity index (χ2v) is 12.3. The number of carbonyl (C=O) groups is 1. The zero-order valence-corrected chi connectivity index (χ0v) is 25.5. The van der Waals surface area contributed by atoms with E-state index >= 15 is 0 Å². The van der Waals surface area contributed by atoms with Crippen LogP contribution >= 0.6 is 0 Å². The first-order valence-electron chi connectivity index (χ1n) is 15.2. The molecule has 4 aromatic heterocycles. The summed E-state index contributed by atoms with van der Waals surface area (Å²) in [5.74, 6) is 1.33. The highest BCUT2D eigenvalue weighted by Gasteiger charge is 2.44. The number of halogens is 1. The lowest BCUT2D eigenvalue weighted by molar-refractivity contribution is -0.148. The summed E-state index contributed by atoms with van der Waals surface area (Å²) in [6, 6.07) is 7.14. The van der Waals surface area contributed by atoms with Crippen molar-refractivity contribution >= 4 is 17.5 Å². The lowest BCUT2D eigenvalue weighted by Gasteiger charge is -2.40. The normalized spacial score (nSPS) is 24.0. The van der Waals surface area contributed by atoms with Crippen LogP contribution in [0.15, 0.2) is 42.9 Å². The Kier molecular flexibility index (Phi) is 7.97. The fraction of sp³-hybridized carbons (Fsp3) is 0.469. The molecule has 1 saturated carbocycles. The van der Waals surface area contributed by atoms with E-state index in [1.807, 2.05) is 39.0 Å². The fourth-order valence-electron chi connectivity index (χ4n) is 6.60. The van der Waals surface area contributed by atoms with E-state index in [-0.39, 0.29) is 17.9 Å². The minimum atomic E-state index is -0.960. The Balaban J connectivity index is 1.17. The van der Waals surface area contributed by atoms with Crippen molar-refractivity contribution in [2.45, 2.75) is 88.9 Å². The highest BCUT2D eigenvalue weighted by Crippen LogP contribution is 2.45. The Labute approximate surface area is 255 Å². The number of nitrogens with zero attached hydrogens (tertiary/aromatic N) is 5. The van der Waals surface area contributed by atoms with Gasteiger partial charge in [-0.25, -0.2) is 19.0 Å². The molecular weight excluding hydrogens is 563 g/mol. The molecule has 0 aliphatic heterocycles. The van der Waals surface area contributed by atoms with Gasteiger partial charge in [-0.05, 0) is 94.5 Å². The molecular formula is C32H39FN8O3. The first-order chi connectivity index (χ1) is 21.1. The number of aryl methyl sites for hydroxylation is 1. The van der Waals surface area contributed by atoms with E-state index in [2.05, 4.69) is 30.9 Å². The second-order valence-electron chi connectivity index (χ2n) is 12.3. The second kappa shape index (κ2) is 11.7. The lowest BCUT2D eigenvalue weighted by Crippen LogP contribution is -2.51. The van der Waals surface area contributed by atoms with E-state index in [0.29, 0.717) is 36.7 Å². The van der Waals surface area contributed by atoms with Gasteiger partial charge in [0, 0.05) is 36.7 Å². The molecule has 232 valence electrons. The molecule has 1 amide bonds. The third-order valence-electron chi connectivity index (χ3n) is 9.18. The van der Waals surface area contributed by atoms with Crippen molar-refractivity contribution in [2.75, 3.05) is 12.4 Å². The molecule has 0 bridgehead atoms. The number of ether oxygens (including phenoxy) is 1. The first-order valence-corrected chi connectivity index (χ1v) is 15.2. The number of methoxy groups -OCH3 is 1. The van der Waals surface area contributed by atoms with Gasteiger partial charge in [-0.2, -0.15) is 10.2 Å². The molecule has 2 aliphatic carbocycles. The molecule has 0 aromatic carbocycles. The maximum atomic E-state index is 13.7. The number of aromatic nitrogens is 6. The molecule has 4 aromatic rings. The van der Waals surface area contributed by atoms with Crippen LogP contribution in [0, 0.1) is 12.7 Å². The number of nitrogens with one attached hydrogen (secondary N) is 3. The molecule has 4 heterocycles. The number of rotatable bonds is 8. The Hall–Kier alpha value is -4.16. The standard InChI is InChI=1S/C32H39FN8O3/c1-19-14-27(40-39-19)37-26-15-25-24(6-5-11-31(25,3)43)29(38-26)21-9-12-32(44-4,13-10-21)30(42)36-20(2)22-7-8-28(34-16-22)41-18-23(33)17-35-41/h7-8,14-18,20-21,43H,5-6,9-13H2,1-4H3,(H,36,42)(H2,37,38,39,40)/t20-,21-,31?,32+/m0/s1. The Morgan fingerprint density at radius 1 is 1.20 bits per heavy atom. The number of H-pyrrole nitrogens is 1. The van der Waals surface area contributed by atoms with Crippen LogP contribution in [0.1, 0.15) is 92.4 Å². The molecule has 2 aliphatic rings. The highest BCUT2D eigenvalue weighted by molar-refractivity contribution is 5.85. The third-order valence-corrected chi connectivity index (χ3v) is 9.18. The quantitative estimate of drug-likeness (QED) is 0.220. The van der Waals surface area contributed by atoms with Crippen LogP contribution in [0.25, 0.3) is 5.82 Å². The van der Waals surface area contributed by atoms with Gasteiger partial charge in [-0.15, -0.1) is 0 Å². The van der Waals surface area contributed by atoms with E-state index in [1.54, 1.807) is 19.4 Å². The van der Waals surface area contributed by atoms with E-state index in [0.717, 1.165) is 60.0 Å².